The highest BCUT2D eigenvalue weighted by Gasteiger charge is 2.26. The summed E-state index contributed by atoms with van der Waals surface area (Å²) in [5, 5.41) is 25.7. The second kappa shape index (κ2) is 11.1. The van der Waals surface area contributed by atoms with Gasteiger partial charge in [0.15, 0.2) is 11.5 Å². The Kier molecular flexibility index (Phi) is 7.68. The minimum Gasteiger partial charge on any atom is -0.495 e. The fourth-order valence-electron chi connectivity index (χ4n) is 4.21. The van der Waals surface area contributed by atoms with E-state index in [0.717, 1.165) is 0 Å². The van der Waals surface area contributed by atoms with Gasteiger partial charge in [0.1, 0.15) is 29.9 Å². The maximum atomic E-state index is 13.9. The molecule has 0 spiro atoms. The summed E-state index contributed by atoms with van der Waals surface area (Å²) in [5.74, 6) is 6.02. The largest absolute Gasteiger partial charge is 0.495 e. The first-order valence-corrected chi connectivity index (χ1v) is 11.5. The highest BCUT2D eigenvalue weighted by Crippen LogP contribution is 2.39. The van der Waals surface area contributed by atoms with Gasteiger partial charge in [0.2, 0.25) is 11.5 Å². The summed E-state index contributed by atoms with van der Waals surface area (Å²) in [6, 6.07) is 6.37. The Hall–Kier alpha value is -5.09. The molecule has 0 aliphatic rings. The second-order valence-electron chi connectivity index (χ2n) is 8.11. The van der Waals surface area contributed by atoms with Gasteiger partial charge in [0.25, 0.3) is 0 Å². The highest BCUT2D eigenvalue weighted by atomic mass is 16.6. The van der Waals surface area contributed by atoms with Crippen LogP contribution in [0, 0.1) is 22.0 Å². The van der Waals surface area contributed by atoms with Gasteiger partial charge in [0.05, 0.1) is 53.1 Å². The third-order valence-corrected chi connectivity index (χ3v) is 6.06. The van der Waals surface area contributed by atoms with E-state index in [0.29, 0.717) is 45.2 Å². The van der Waals surface area contributed by atoms with Crippen molar-refractivity contribution in [2.75, 3.05) is 35.0 Å². The van der Waals surface area contributed by atoms with Gasteiger partial charge in [-0.15, -0.1) is 0 Å². The van der Waals surface area contributed by atoms with E-state index in [9.17, 15) is 20.0 Å². The molecule has 0 aliphatic heterocycles. The van der Waals surface area contributed by atoms with Crippen LogP contribution in [-0.2, 0) is 13.6 Å². The summed E-state index contributed by atoms with van der Waals surface area (Å²) in [6.07, 6.45) is 1.37. The van der Waals surface area contributed by atoms with E-state index >= 15 is 0 Å². The van der Waals surface area contributed by atoms with Crippen molar-refractivity contribution in [1.29, 1.82) is 0 Å². The molecule has 39 heavy (non-hydrogen) atoms. The van der Waals surface area contributed by atoms with Gasteiger partial charge >= 0.3 is 5.95 Å². The van der Waals surface area contributed by atoms with E-state index in [1.807, 2.05) is 0 Å². The van der Waals surface area contributed by atoms with E-state index in [2.05, 4.69) is 21.9 Å². The molecule has 4 aromatic rings. The molecular formula is C26H25N5O8. The SMILES string of the molecule is COc1cc(C(=O)c2nn(Cc3cnc([N+](=O)[O-])n3C)c3c(C#CCO)c(OC)ccc23)cc(OC)c1OC. The Balaban J connectivity index is 1.97. The van der Waals surface area contributed by atoms with Gasteiger partial charge < -0.3 is 34.2 Å². The molecule has 0 bridgehead atoms. The first-order chi connectivity index (χ1) is 18.8. The van der Waals surface area contributed by atoms with Gasteiger partial charge in [-0.25, -0.2) is 4.57 Å². The van der Waals surface area contributed by atoms with Crippen LogP contribution in [0.3, 0.4) is 0 Å². The number of aromatic nitrogens is 4. The number of aliphatic hydroxyl groups excluding tert-OH is 1. The predicted molar refractivity (Wildman–Crippen MR) is 139 cm³/mol. The number of methoxy groups -OCH3 is 4. The van der Waals surface area contributed by atoms with Crippen LogP contribution >= 0.6 is 0 Å². The third kappa shape index (κ3) is 4.80. The molecule has 1 N–H and O–H groups in total. The second-order valence-corrected chi connectivity index (χ2v) is 8.11. The van der Waals surface area contributed by atoms with Crippen molar-refractivity contribution in [3.63, 3.8) is 0 Å². The number of benzene rings is 2. The highest BCUT2D eigenvalue weighted by molar-refractivity contribution is 6.16. The number of fused-ring (bicyclic) bond motifs is 1. The molecule has 0 aliphatic carbocycles. The van der Waals surface area contributed by atoms with E-state index < -0.39 is 17.3 Å². The summed E-state index contributed by atoms with van der Waals surface area (Å²) in [7, 11) is 7.34. The van der Waals surface area contributed by atoms with Gasteiger partial charge in [-0.3, -0.25) is 9.48 Å². The Labute approximate surface area is 222 Å². The number of hydrogen-bond acceptors (Lipinski definition) is 10. The normalized spacial score (nSPS) is 10.6. The summed E-state index contributed by atoms with van der Waals surface area (Å²) >= 11 is 0. The van der Waals surface area contributed by atoms with Crippen LogP contribution in [0.25, 0.3) is 10.9 Å². The molecule has 4 rings (SSSR count). The molecule has 13 nitrogen and oxygen atoms in total. The lowest BCUT2D eigenvalue weighted by Gasteiger charge is -2.13. The molecule has 0 unspecified atom stereocenters. The Morgan fingerprint density at radius 1 is 1.08 bits per heavy atom. The number of hydrogen-bond donors (Lipinski definition) is 1. The molecule has 2 heterocycles. The molecule has 2 aromatic heterocycles. The predicted octanol–water partition coefficient (Wildman–Crippen LogP) is 2.34. The smallest absolute Gasteiger partial charge is 0.434 e. The number of rotatable bonds is 9. The molecule has 13 heteroatoms. The first kappa shape index (κ1) is 27.0. The lowest BCUT2D eigenvalue weighted by molar-refractivity contribution is -0.396. The van der Waals surface area contributed by atoms with Crippen molar-refractivity contribution in [3.8, 4) is 34.8 Å². The minimum atomic E-state index is -0.592. The average Bonchev–Trinajstić information content (AvgIpc) is 3.50. The number of carbonyl (C=O) groups is 1. The summed E-state index contributed by atoms with van der Waals surface area (Å²) in [4.78, 5) is 28.5. The van der Waals surface area contributed by atoms with Crippen molar-refractivity contribution in [2.45, 2.75) is 6.54 Å². The van der Waals surface area contributed by atoms with Crippen LogP contribution < -0.4 is 18.9 Å². The number of imidazole rings is 1. The number of nitrogens with zero attached hydrogens (tertiary/aromatic N) is 5. The zero-order chi connectivity index (χ0) is 28.3. The molecule has 2 aromatic carbocycles. The molecule has 0 saturated carbocycles. The topological polar surface area (TPSA) is 153 Å². The molecule has 0 fully saturated rings. The average molecular weight is 536 g/mol. The van der Waals surface area contributed by atoms with E-state index in [4.69, 9.17) is 18.9 Å². The molecule has 0 saturated heterocycles. The maximum absolute atomic E-state index is 13.9. The van der Waals surface area contributed by atoms with Gasteiger partial charge in [0, 0.05) is 10.9 Å². The van der Waals surface area contributed by atoms with Crippen molar-refractivity contribution in [2.24, 2.45) is 7.05 Å². The molecule has 0 amide bonds. The van der Waals surface area contributed by atoms with Crippen LogP contribution in [0.5, 0.6) is 23.0 Å². The first-order valence-electron chi connectivity index (χ1n) is 11.5. The number of aliphatic hydroxyl groups is 1. The van der Waals surface area contributed by atoms with Gasteiger partial charge in [-0.05, 0) is 29.2 Å². The van der Waals surface area contributed by atoms with Crippen LogP contribution in [-0.4, -0.2) is 70.2 Å². The zero-order valence-corrected chi connectivity index (χ0v) is 21.8. The summed E-state index contributed by atoms with van der Waals surface area (Å²) in [6.45, 7) is -0.379. The van der Waals surface area contributed by atoms with Crippen LogP contribution in [0.1, 0.15) is 27.3 Å². The van der Waals surface area contributed by atoms with Crippen molar-refractivity contribution in [3.05, 3.63) is 63.1 Å². The van der Waals surface area contributed by atoms with E-state index in [-0.39, 0.29) is 23.8 Å². The third-order valence-electron chi connectivity index (χ3n) is 6.06. The number of ketones is 1. The van der Waals surface area contributed by atoms with Crippen LogP contribution in [0.2, 0.25) is 0 Å². The van der Waals surface area contributed by atoms with Crippen molar-refractivity contribution >= 4 is 22.6 Å². The lowest BCUT2D eigenvalue weighted by atomic mass is 10.0. The summed E-state index contributed by atoms with van der Waals surface area (Å²) < 4.78 is 24.5. The number of ether oxygens (including phenoxy) is 4. The molecule has 0 atom stereocenters. The molecular weight excluding hydrogens is 510 g/mol. The Morgan fingerprint density at radius 2 is 1.74 bits per heavy atom. The number of nitro groups is 1. The fourth-order valence-corrected chi connectivity index (χ4v) is 4.21. The molecule has 0 radical (unpaired) electrons. The summed E-state index contributed by atoms with van der Waals surface area (Å²) in [5.41, 5.74) is 1.60. The monoisotopic (exact) mass is 535 g/mol. The van der Waals surface area contributed by atoms with Crippen LogP contribution in [0.4, 0.5) is 5.95 Å². The quantitative estimate of drug-likeness (QED) is 0.146. The fraction of sp³-hybridized carbons (Fsp3) is 0.269. The lowest BCUT2D eigenvalue weighted by Crippen LogP contribution is -2.10. The Bertz CT molecular complexity index is 1620. The molecule has 202 valence electrons. The van der Waals surface area contributed by atoms with E-state index in [1.165, 1.54) is 63.1 Å². The standard InChI is InChI=1S/C26H25N5O8/c1-29-16(13-27-26(29)31(34)35)14-30-23-17(7-6-10-32)19(36-2)9-8-18(23)22(28-30)24(33)15-11-20(37-3)25(39-5)21(12-15)38-4/h8-9,11-13,32H,10,14H2,1-5H3. The Morgan fingerprint density at radius 3 is 2.28 bits per heavy atom. The van der Waals surface area contributed by atoms with E-state index in [1.54, 1.807) is 12.1 Å². The number of carbonyl (C=O) groups excluding carboxylic acids is 1. The van der Waals surface area contributed by atoms with Gasteiger partial charge in [-0.1, -0.05) is 16.8 Å². The zero-order valence-electron chi connectivity index (χ0n) is 21.8. The maximum Gasteiger partial charge on any atom is 0.434 e. The minimum absolute atomic E-state index is 0.0251. The van der Waals surface area contributed by atoms with Crippen molar-refractivity contribution < 1.29 is 33.8 Å². The van der Waals surface area contributed by atoms with Crippen molar-refractivity contribution in [1.82, 2.24) is 19.3 Å². The van der Waals surface area contributed by atoms with Gasteiger partial charge in [-0.2, -0.15) is 5.10 Å². The van der Waals surface area contributed by atoms with Crippen LogP contribution in [0.15, 0.2) is 30.5 Å².